The number of fused-ring (bicyclic) bond motifs is 1. The predicted molar refractivity (Wildman–Crippen MR) is 91.6 cm³/mol. The molecule has 0 aromatic carbocycles. The normalized spacial score (nSPS) is 25.2. The first-order valence-electron chi connectivity index (χ1n) is 8.42. The van der Waals surface area contributed by atoms with E-state index in [0.717, 1.165) is 25.3 Å². The largest absolute Gasteiger partial charge is 0.463 e. The minimum atomic E-state index is 0.00223. The van der Waals surface area contributed by atoms with Crippen LogP contribution in [0.4, 0.5) is 0 Å². The fourth-order valence-corrected chi connectivity index (χ4v) is 4.07. The number of hydrogen-bond acceptors (Lipinski definition) is 7. The fourth-order valence-electron chi connectivity index (χ4n) is 3.54. The van der Waals surface area contributed by atoms with E-state index in [0.29, 0.717) is 36.7 Å². The maximum Gasteiger partial charge on any atom is 0.316 e. The van der Waals surface area contributed by atoms with Crippen molar-refractivity contribution >= 4 is 17.2 Å². The van der Waals surface area contributed by atoms with Gasteiger partial charge in [-0.1, -0.05) is 0 Å². The van der Waals surface area contributed by atoms with Crippen LogP contribution in [0.25, 0.3) is 0 Å². The van der Waals surface area contributed by atoms with Crippen molar-refractivity contribution in [1.29, 1.82) is 0 Å². The van der Waals surface area contributed by atoms with Gasteiger partial charge >= 0.3 is 6.01 Å². The van der Waals surface area contributed by atoms with Gasteiger partial charge in [0.05, 0.1) is 24.8 Å². The predicted octanol–water partition coefficient (Wildman–Crippen LogP) is 1.80. The number of thiazole rings is 1. The van der Waals surface area contributed by atoms with E-state index in [1.807, 2.05) is 17.9 Å². The molecular weight excluding hydrogens is 340 g/mol. The number of aromatic nitrogens is 3. The Bertz CT molecular complexity index is 739. The zero-order valence-electron chi connectivity index (χ0n) is 14.0. The number of rotatable bonds is 5. The Labute approximate surface area is 150 Å². The average Bonchev–Trinajstić information content (AvgIpc) is 3.32. The molecule has 7 nitrogen and oxygen atoms in total. The molecule has 2 aliphatic rings. The molecule has 0 N–H and O–H groups in total. The second-order valence-electron chi connectivity index (χ2n) is 6.50. The number of likely N-dealkylation sites (tertiary alicyclic amines) is 1. The van der Waals surface area contributed by atoms with E-state index in [4.69, 9.17) is 9.47 Å². The highest BCUT2D eigenvalue weighted by molar-refractivity contribution is 7.07. The van der Waals surface area contributed by atoms with Gasteiger partial charge in [-0.25, -0.2) is 15.0 Å². The highest BCUT2D eigenvalue weighted by Crippen LogP contribution is 2.36. The van der Waals surface area contributed by atoms with E-state index in [-0.39, 0.29) is 12.0 Å². The second-order valence-corrected chi connectivity index (χ2v) is 7.22. The molecule has 0 bridgehead atoms. The summed E-state index contributed by atoms with van der Waals surface area (Å²) < 4.78 is 11.6. The summed E-state index contributed by atoms with van der Waals surface area (Å²) in [4.78, 5) is 26.8. The summed E-state index contributed by atoms with van der Waals surface area (Å²) in [5.74, 6) is 0.759. The summed E-state index contributed by atoms with van der Waals surface area (Å²) in [7, 11) is 0. The summed E-state index contributed by atoms with van der Waals surface area (Å²) in [5.41, 5.74) is 3.11. The van der Waals surface area contributed by atoms with Gasteiger partial charge in [-0.05, 0) is 25.3 Å². The topological polar surface area (TPSA) is 77.4 Å². The van der Waals surface area contributed by atoms with Crippen molar-refractivity contribution in [3.8, 4) is 6.01 Å². The van der Waals surface area contributed by atoms with Crippen LogP contribution < -0.4 is 4.74 Å². The lowest BCUT2D eigenvalue weighted by Crippen LogP contribution is -2.31. The summed E-state index contributed by atoms with van der Waals surface area (Å²) in [6, 6.07) is 2.26. The zero-order valence-corrected chi connectivity index (χ0v) is 14.8. The maximum atomic E-state index is 12.5. The number of hydrogen-bond donors (Lipinski definition) is 0. The molecule has 8 heteroatoms. The van der Waals surface area contributed by atoms with Crippen LogP contribution >= 0.6 is 11.3 Å². The van der Waals surface area contributed by atoms with Gasteiger partial charge in [0.2, 0.25) is 0 Å². The van der Waals surface area contributed by atoms with Gasteiger partial charge in [0.15, 0.2) is 0 Å². The number of amides is 1. The minimum Gasteiger partial charge on any atom is -0.463 e. The Morgan fingerprint density at radius 1 is 1.44 bits per heavy atom. The fraction of sp³-hybridized carbons (Fsp3) is 0.529. The first-order valence-corrected chi connectivity index (χ1v) is 9.36. The molecule has 25 heavy (non-hydrogen) atoms. The molecule has 3 atom stereocenters. The van der Waals surface area contributed by atoms with Gasteiger partial charge in [0, 0.05) is 36.3 Å². The Morgan fingerprint density at radius 2 is 2.36 bits per heavy atom. The number of ether oxygens (including phenoxy) is 2. The molecular formula is C17H20N4O3S. The zero-order chi connectivity index (χ0) is 17.2. The van der Waals surface area contributed by atoms with Crippen LogP contribution in [0.15, 0.2) is 23.2 Å². The van der Waals surface area contributed by atoms with Gasteiger partial charge < -0.3 is 14.4 Å². The quantitative estimate of drug-likeness (QED) is 0.809. The van der Waals surface area contributed by atoms with Crippen molar-refractivity contribution in [2.24, 2.45) is 11.8 Å². The smallest absolute Gasteiger partial charge is 0.316 e. The summed E-state index contributed by atoms with van der Waals surface area (Å²) in [5, 5.41) is 1.80. The molecule has 0 aliphatic carbocycles. The highest BCUT2D eigenvalue weighted by Gasteiger charge is 2.45. The van der Waals surface area contributed by atoms with Crippen LogP contribution in [0.5, 0.6) is 6.01 Å². The van der Waals surface area contributed by atoms with E-state index >= 15 is 0 Å². The lowest BCUT2D eigenvalue weighted by molar-refractivity contribution is 0.0667. The monoisotopic (exact) mass is 360 g/mol. The first-order chi connectivity index (χ1) is 12.2. The average molecular weight is 360 g/mol. The molecule has 2 aromatic rings. The van der Waals surface area contributed by atoms with Crippen LogP contribution in [0.3, 0.4) is 0 Å². The third kappa shape index (κ3) is 3.50. The molecule has 2 aliphatic heterocycles. The Balaban J connectivity index is 1.30. The number of carbonyl (C=O) groups excluding carboxylic acids is 1. The highest BCUT2D eigenvalue weighted by atomic mass is 32.1. The van der Waals surface area contributed by atoms with E-state index in [9.17, 15) is 4.79 Å². The molecule has 2 fully saturated rings. The Morgan fingerprint density at radius 3 is 3.16 bits per heavy atom. The Kier molecular flexibility index (Phi) is 4.63. The van der Waals surface area contributed by atoms with Crippen LogP contribution in [0.2, 0.25) is 0 Å². The standard InChI is InChI=1S/C17H20N4O3S/c1-11-2-4-18-17(20-11)23-5-3-12-8-24-15-7-21(6-13(12)15)16(22)14-9-25-10-19-14/h2,4,9-10,12-13,15H,3,5-8H2,1H3/t12-,13-,15-/m0/s1. The molecule has 2 saturated heterocycles. The third-order valence-electron chi connectivity index (χ3n) is 4.87. The number of nitrogens with zero attached hydrogens (tertiary/aromatic N) is 4. The molecule has 4 heterocycles. The lowest BCUT2D eigenvalue weighted by Gasteiger charge is -2.19. The summed E-state index contributed by atoms with van der Waals surface area (Å²) >= 11 is 1.44. The van der Waals surface area contributed by atoms with Crippen LogP contribution in [-0.4, -0.2) is 58.2 Å². The maximum absolute atomic E-state index is 12.5. The van der Waals surface area contributed by atoms with E-state index in [2.05, 4.69) is 15.0 Å². The molecule has 2 aromatic heterocycles. The minimum absolute atomic E-state index is 0.00223. The molecule has 0 spiro atoms. The van der Waals surface area contributed by atoms with Crippen LogP contribution in [-0.2, 0) is 4.74 Å². The molecule has 0 unspecified atom stereocenters. The lowest BCUT2D eigenvalue weighted by atomic mass is 9.91. The molecule has 4 rings (SSSR count). The van der Waals surface area contributed by atoms with Gasteiger partial charge in [0.25, 0.3) is 5.91 Å². The first kappa shape index (κ1) is 16.4. The van der Waals surface area contributed by atoms with Crippen molar-refractivity contribution in [2.45, 2.75) is 19.4 Å². The molecule has 0 radical (unpaired) electrons. The third-order valence-corrected chi connectivity index (χ3v) is 5.46. The van der Waals surface area contributed by atoms with E-state index < -0.39 is 0 Å². The summed E-state index contributed by atoms with van der Waals surface area (Å²) in [6.45, 7) is 4.58. The van der Waals surface area contributed by atoms with E-state index in [1.165, 1.54) is 11.3 Å². The van der Waals surface area contributed by atoms with Gasteiger partial charge in [-0.2, -0.15) is 0 Å². The molecule has 132 valence electrons. The van der Waals surface area contributed by atoms with Crippen molar-refractivity contribution in [3.63, 3.8) is 0 Å². The van der Waals surface area contributed by atoms with Crippen molar-refractivity contribution < 1.29 is 14.3 Å². The van der Waals surface area contributed by atoms with Crippen molar-refractivity contribution in [1.82, 2.24) is 19.9 Å². The van der Waals surface area contributed by atoms with Crippen molar-refractivity contribution in [2.75, 3.05) is 26.3 Å². The summed E-state index contributed by atoms with van der Waals surface area (Å²) in [6.07, 6.45) is 2.70. The van der Waals surface area contributed by atoms with Crippen LogP contribution in [0, 0.1) is 18.8 Å². The van der Waals surface area contributed by atoms with Crippen molar-refractivity contribution in [3.05, 3.63) is 34.5 Å². The van der Waals surface area contributed by atoms with Gasteiger partial charge in [0.1, 0.15) is 5.69 Å². The van der Waals surface area contributed by atoms with Gasteiger partial charge in [-0.15, -0.1) is 11.3 Å². The van der Waals surface area contributed by atoms with Crippen LogP contribution in [0.1, 0.15) is 22.6 Å². The van der Waals surface area contributed by atoms with Gasteiger partial charge in [-0.3, -0.25) is 4.79 Å². The SMILES string of the molecule is Cc1ccnc(OCC[C@H]2CO[C@H]3CN(C(=O)c4cscn4)C[C@@H]23)n1. The van der Waals surface area contributed by atoms with E-state index in [1.54, 1.807) is 17.1 Å². The molecule has 0 saturated carbocycles. The molecule has 1 amide bonds. The second kappa shape index (κ2) is 7.05. The Hall–Kier alpha value is -2.06. The number of aryl methyl sites for hydroxylation is 1. The number of carbonyl (C=O) groups is 1.